The van der Waals surface area contributed by atoms with Gasteiger partial charge in [-0.05, 0) is 41.5 Å². The van der Waals surface area contributed by atoms with Crippen molar-refractivity contribution >= 4 is 18.1 Å². The van der Waals surface area contributed by atoms with Crippen LogP contribution in [0.5, 0.6) is 0 Å². The largest absolute Gasteiger partial charge is 0.480 e. The minimum Gasteiger partial charge on any atom is -0.480 e. The van der Waals surface area contributed by atoms with E-state index in [4.69, 9.17) is 10.5 Å². The normalized spacial score (nSPS) is 13.1. The lowest BCUT2D eigenvalue weighted by atomic mass is 9.98. The number of hydrogen-bond acceptors (Lipinski definition) is 4. The zero-order chi connectivity index (χ0) is 22.4. The van der Waals surface area contributed by atoms with Gasteiger partial charge in [-0.1, -0.05) is 48.5 Å². The Kier molecular flexibility index (Phi) is 7.12. The molecule has 2 aromatic rings. The first-order valence-electron chi connectivity index (χ1n) is 10.2. The van der Waals surface area contributed by atoms with Crippen LogP contribution >= 0.6 is 0 Å². The minimum absolute atomic E-state index is 0.0899. The molecule has 2 aromatic carbocycles. The van der Waals surface area contributed by atoms with E-state index in [-0.39, 0.29) is 18.9 Å². The maximum Gasteiger partial charge on any atom is 0.410 e. The van der Waals surface area contributed by atoms with Gasteiger partial charge in [0.2, 0.25) is 0 Å². The molecule has 4 N–H and O–H groups in total. The number of carboxylic acid groups (broad SMARTS) is 1. The van der Waals surface area contributed by atoms with Gasteiger partial charge >= 0.3 is 18.1 Å². The van der Waals surface area contributed by atoms with E-state index in [1.54, 1.807) is 0 Å². The molecule has 0 saturated carbocycles. The highest BCUT2D eigenvalue weighted by atomic mass is 16.6. The van der Waals surface area contributed by atoms with Crippen molar-refractivity contribution in [2.45, 2.75) is 31.2 Å². The average molecular weight is 425 g/mol. The lowest BCUT2D eigenvalue weighted by Gasteiger charge is -2.25. The molecule has 0 saturated heterocycles. The van der Waals surface area contributed by atoms with Gasteiger partial charge in [-0.2, -0.15) is 0 Å². The Labute approximate surface area is 181 Å². The number of rotatable bonds is 9. The topological polar surface area (TPSA) is 122 Å². The molecule has 1 aliphatic carbocycles. The monoisotopic (exact) mass is 425 g/mol. The van der Waals surface area contributed by atoms with Crippen LogP contribution < -0.4 is 11.1 Å². The molecule has 1 aliphatic rings. The molecule has 8 nitrogen and oxygen atoms in total. The molecule has 3 rings (SSSR count). The highest BCUT2D eigenvalue weighted by molar-refractivity contribution is 5.81. The predicted molar refractivity (Wildman–Crippen MR) is 116 cm³/mol. The number of benzene rings is 2. The molecule has 31 heavy (non-hydrogen) atoms. The molecule has 1 unspecified atom stereocenters. The number of primary amides is 1. The highest BCUT2D eigenvalue weighted by Gasteiger charge is 2.31. The number of nitrogens with one attached hydrogen (secondary N) is 1. The van der Waals surface area contributed by atoms with E-state index in [0.717, 1.165) is 27.2 Å². The summed E-state index contributed by atoms with van der Waals surface area (Å²) in [6.07, 6.45) is 0.643. The number of nitrogens with zero attached hydrogens (tertiary/aromatic N) is 1. The van der Waals surface area contributed by atoms with Crippen molar-refractivity contribution < 1.29 is 24.2 Å². The maximum absolute atomic E-state index is 12.6. The van der Waals surface area contributed by atoms with Gasteiger partial charge in [0.1, 0.15) is 12.6 Å². The summed E-state index contributed by atoms with van der Waals surface area (Å²) < 4.78 is 5.54. The molecular weight excluding hydrogens is 398 g/mol. The van der Waals surface area contributed by atoms with Crippen LogP contribution in [0.15, 0.2) is 48.5 Å². The zero-order valence-corrected chi connectivity index (χ0v) is 17.4. The van der Waals surface area contributed by atoms with Crippen LogP contribution in [0.25, 0.3) is 11.1 Å². The average Bonchev–Trinajstić information content (AvgIpc) is 3.07. The predicted octanol–water partition coefficient (Wildman–Crippen LogP) is 3.16. The summed E-state index contributed by atoms with van der Waals surface area (Å²) in [5.74, 6) is -1.19. The molecule has 3 amide bonds. The fourth-order valence-electron chi connectivity index (χ4n) is 3.98. The molecule has 8 heteroatoms. The van der Waals surface area contributed by atoms with E-state index in [2.05, 4.69) is 17.4 Å². The van der Waals surface area contributed by atoms with E-state index in [1.807, 2.05) is 36.4 Å². The number of ether oxygens (including phenoxy) is 1. The van der Waals surface area contributed by atoms with Gasteiger partial charge in [-0.15, -0.1) is 0 Å². The second kappa shape index (κ2) is 9.97. The number of hydrogen-bond donors (Lipinski definition) is 3. The van der Waals surface area contributed by atoms with Crippen molar-refractivity contribution in [3.63, 3.8) is 0 Å². The SMILES string of the molecule is CN(C(=O)OCC1c2ccccc2-c2ccccc21)C(CCCCNC(N)=O)C(=O)O. The summed E-state index contributed by atoms with van der Waals surface area (Å²) >= 11 is 0. The molecular formula is C23H27N3O5. The fraction of sp³-hybridized carbons (Fsp3) is 0.348. The number of aliphatic carboxylic acids is 1. The van der Waals surface area contributed by atoms with Gasteiger partial charge in [0, 0.05) is 19.5 Å². The Balaban J connectivity index is 1.60. The van der Waals surface area contributed by atoms with Crippen LogP contribution in [0.2, 0.25) is 0 Å². The van der Waals surface area contributed by atoms with Gasteiger partial charge < -0.3 is 20.9 Å². The Morgan fingerprint density at radius 1 is 1.06 bits per heavy atom. The third-order valence-corrected chi connectivity index (χ3v) is 5.58. The standard InChI is InChI=1S/C23H27N3O5/c1-26(20(21(27)28)12-6-7-13-25-22(24)29)23(30)31-14-19-17-10-4-2-8-15(17)16-9-3-5-11-18(16)19/h2-5,8-11,19-20H,6-7,12-14H2,1H3,(H,27,28)(H3,24,25,29). The first kappa shape index (κ1) is 22.1. The number of nitrogens with two attached hydrogens (primary N) is 1. The van der Waals surface area contributed by atoms with Crippen molar-refractivity contribution in [1.82, 2.24) is 10.2 Å². The summed E-state index contributed by atoms with van der Waals surface area (Å²) in [6.45, 7) is 0.488. The zero-order valence-electron chi connectivity index (χ0n) is 17.4. The van der Waals surface area contributed by atoms with Crippen LogP contribution in [-0.4, -0.2) is 54.3 Å². The van der Waals surface area contributed by atoms with Crippen LogP contribution in [0.1, 0.15) is 36.3 Å². The van der Waals surface area contributed by atoms with E-state index >= 15 is 0 Å². The van der Waals surface area contributed by atoms with E-state index in [0.29, 0.717) is 19.4 Å². The van der Waals surface area contributed by atoms with Crippen molar-refractivity contribution in [2.24, 2.45) is 5.73 Å². The first-order valence-corrected chi connectivity index (χ1v) is 10.2. The van der Waals surface area contributed by atoms with Gasteiger partial charge in [0.15, 0.2) is 0 Å². The molecule has 0 heterocycles. The van der Waals surface area contributed by atoms with Crippen LogP contribution in [0, 0.1) is 0 Å². The third kappa shape index (κ3) is 5.14. The van der Waals surface area contributed by atoms with Crippen molar-refractivity contribution in [1.29, 1.82) is 0 Å². The maximum atomic E-state index is 12.6. The molecule has 1 atom stereocenters. The van der Waals surface area contributed by atoms with E-state index < -0.39 is 24.1 Å². The number of likely N-dealkylation sites (N-methyl/N-ethyl adjacent to an activating group) is 1. The number of urea groups is 1. The number of carboxylic acids is 1. The highest BCUT2D eigenvalue weighted by Crippen LogP contribution is 2.44. The quantitative estimate of drug-likeness (QED) is 0.533. The van der Waals surface area contributed by atoms with Crippen LogP contribution in [0.3, 0.4) is 0 Å². The van der Waals surface area contributed by atoms with Crippen molar-refractivity contribution in [3.05, 3.63) is 59.7 Å². The van der Waals surface area contributed by atoms with Gasteiger partial charge in [-0.25, -0.2) is 14.4 Å². The summed E-state index contributed by atoms with van der Waals surface area (Å²) in [5.41, 5.74) is 9.44. The Morgan fingerprint density at radius 2 is 1.65 bits per heavy atom. The summed E-state index contributed by atoms with van der Waals surface area (Å²) in [7, 11) is 1.43. The van der Waals surface area contributed by atoms with Crippen molar-refractivity contribution in [3.8, 4) is 11.1 Å². The molecule has 0 bridgehead atoms. The van der Waals surface area contributed by atoms with E-state index in [9.17, 15) is 19.5 Å². The van der Waals surface area contributed by atoms with Crippen LogP contribution in [-0.2, 0) is 9.53 Å². The van der Waals surface area contributed by atoms with Gasteiger partial charge in [-0.3, -0.25) is 4.90 Å². The molecule has 0 spiro atoms. The lowest BCUT2D eigenvalue weighted by molar-refractivity contribution is -0.142. The number of carbonyl (C=O) groups excluding carboxylic acids is 2. The number of carbonyl (C=O) groups is 3. The number of amides is 3. The molecule has 0 fully saturated rings. The number of unbranched alkanes of at least 4 members (excludes halogenated alkanes) is 1. The second-order valence-electron chi connectivity index (χ2n) is 7.56. The van der Waals surface area contributed by atoms with Crippen molar-refractivity contribution in [2.75, 3.05) is 20.2 Å². The Hall–Kier alpha value is -3.55. The van der Waals surface area contributed by atoms with Gasteiger partial charge in [0.05, 0.1) is 0 Å². The molecule has 0 radical (unpaired) electrons. The first-order chi connectivity index (χ1) is 14.9. The smallest absolute Gasteiger partial charge is 0.410 e. The minimum atomic E-state index is -1.10. The molecule has 0 aromatic heterocycles. The van der Waals surface area contributed by atoms with Crippen LogP contribution in [0.4, 0.5) is 9.59 Å². The van der Waals surface area contributed by atoms with E-state index in [1.165, 1.54) is 7.05 Å². The summed E-state index contributed by atoms with van der Waals surface area (Å²) in [6, 6.07) is 14.4. The van der Waals surface area contributed by atoms with Gasteiger partial charge in [0.25, 0.3) is 0 Å². The Morgan fingerprint density at radius 3 is 2.19 bits per heavy atom. The Bertz CT molecular complexity index is 916. The molecule has 164 valence electrons. The number of fused-ring (bicyclic) bond motifs is 3. The molecule has 0 aliphatic heterocycles. The second-order valence-corrected chi connectivity index (χ2v) is 7.56. The summed E-state index contributed by atoms with van der Waals surface area (Å²) in [5, 5.41) is 12.0. The third-order valence-electron chi connectivity index (χ3n) is 5.58. The fourth-order valence-corrected chi connectivity index (χ4v) is 3.98. The summed E-state index contributed by atoms with van der Waals surface area (Å²) in [4.78, 5) is 36.1. The lowest BCUT2D eigenvalue weighted by Crippen LogP contribution is -2.43.